The van der Waals surface area contributed by atoms with Crippen LogP contribution in [0.2, 0.25) is 0 Å². The second kappa shape index (κ2) is 8.04. The van der Waals surface area contributed by atoms with Crippen LogP contribution >= 0.6 is 0 Å². The molecule has 2 aromatic carbocycles. The van der Waals surface area contributed by atoms with Crippen LogP contribution in [0.5, 0.6) is 0 Å². The van der Waals surface area contributed by atoms with E-state index < -0.39 is 11.4 Å². The lowest BCUT2D eigenvalue weighted by molar-refractivity contribution is -0.134. The molecule has 6 nitrogen and oxygen atoms in total. The van der Waals surface area contributed by atoms with E-state index in [2.05, 4.69) is 10.3 Å². The number of para-hydroxylation sites is 2. The first kappa shape index (κ1) is 20.7. The predicted molar refractivity (Wildman–Crippen MR) is 119 cm³/mol. The van der Waals surface area contributed by atoms with Crippen LogP contribution in [0.15, 0.2) is 48.5 Å². The number of aromatic nitrogens is 2. The molecule has 32 heavy (non-hydrogen) atoms. The normalized spacial score (nSPS) is 21.6. The molecule has 166 valence electrons. The maximum Gasteiger partial charge on any atom is 0.291 e. The van der Waals surface area contributed by atoms with E-state index in [1.807, 2.05) is 28.8 Å². The van der Waals surface area contributed by atoms with Crippen LogP contribution in [0.1, 0.15) is 55.2 Å². The number of carbonyl (C=O) groups is 2. The third-order valence-electron chi connectivity index (χ3n) is 6.87. The molecule has 1 aliphatic carbocycles. The minimum Gasteiger partial charge on any atom is -0.351 e. The van der Waals surface area contributed by atoms with Crippen molar-refractivity contribution in [2.45, 2.75) is 63.7 Å². The zero-order valence-corrected chi connectivity index (χ0v) is 18.2. The van der Waals surface area contributed by atoms with Crippen LogP contribution in [-0.2, 0) is 17.9 Å². The van der Waals surface area contributed by atoms with E-state index in [-0.39, 0.29) is 36.8 Å². The van der Waals surface area contributed by atoms with Crippen molar-refractivity contribution in [3.63, 3.8) is 0 Å². The van der Waals surface area contributed by atoms with Gasteiger partial charge in [0.15, 0.2) is 5.82 Å². The van der Waals surface area contributed by atoms with Gasteiger partial charge >= 0.3 is 0 Å². The molecular weight excluding hydrogens is 407 g/mol. The lowest BCUT2D eigenvalue weighted by atomic mass is 9.91. The Balaban J connectivity index is 1.56. The molecule has 1 saturated carbocycles. The summed E-state index contributed by atoms with van der Waals surface area (Å²) in [5.41, 5.74) is 0.728. The van der Waals surface area contributed by atoms with Gasteiger partial charge in [0.05, 0.1) is 24.1 Å². The van der Waals surface area contributed by atoms with Crippen molar-refractivity contribution in [1.82, 2.24) is 19.8 Å². The number of benzene rings is 2. The Morgan fingerprint density at radius 2 is 1.84 bits per heavy atom. The number of rotatable bonds is 4. The molecule has 5 rings (SSSR count). The highest BCUT2D eigenvalue weighted by Crippen LogP contribution is 2.32. The minimum atomic E-state index is -1.17. The molecule has 0 spiro atoms. The predicted octanol–water partition coefficient (Wildman–Crippen LogP) is 4.04. The van der Waals surface area contributed by atoms with Gasteiger partial charge in [-0.3, -0.25) is 9.59 Å². The van der Waals surface area contributed by atoms with Crippen LogP contribution in [0.25, 0.3) is 11.0 Å². The van der Waals surface area contributed by atoms with Crippen molar-refractivity contribution >= 4 is 22.8 Å². The molecule has 1 atom stereocenters. The third-order valence-corrected chi connectivity index (χ3v) is 6.87. The fourth-order valence-electron chi connectivity index (χ4n) is 4.96. The smallest absolute Gasteiger partial charge is 0.291 e. The lowest BCUT2D eigenvalue weighted by Gasteiger charge is -2.44. The molecule has 0 radical (unpaired) electrons. The largest absolute Gasteiger partial charge is 0.351 e. The van der Waals surface area contributed by atoms with Crippen molar-refractivity contribution in [3.8, 4) is 0 Å². The number of amides is 2. The maximum atomic E-state index is 14.5. The summed E-state index contributed by atoms with van der Waals surface area (Å²) >= 11 is 0. The molecule has 0 saturated heterocycles. The minimum absolute atomic E-state index is 0.00327. The number of carbonyl (C=O) groups excluding carboxylic acids is 2. The van der Waals surface area contributed by atoms with Gasteiger partial charge in [-0.15, -0.1) is 0 Å². The molecule has 2 amide bonds. The monoisotopic (exact) mass is 434 g/mol. The molecular formula is C25H27FN4O2. The highest BCUT2D eigenvalue weighted by molar-refractivity contribution is 6.01. The molecule has 1 aliphatic heterocycles. The Morgan fingerprint density at radius 1 is 1.12 bits per heavy atom. The molecule has 1 unspecified atom stereocenters. The second-order valence-electron chi connectivity index (χ2n) is 9.08. The van der Waals surface area contributed by atoms with Crippen molar-refractivity contribution in [2.75, 3.05) is 0 Å². The van der Waals surface area contributed by atoms with E-state index in [0.29, 0.717) is 11.1 Å². The quantitative estimate of drug-likeness (QED) is 0.674. The van der Waals surface area contributed by atoms with Crippen molar-refractivity contribution in [3.05, 3.63) is 65.7 Å². The number of fused-ring (bicyclic) bond motifs is 3. The molecule has 1 fully saturated rings. The number of hydrogen-bond acceptors (Lipinski definition) is 3. The van der Waals surface area contributed by atoms with E-state index in [1.165, 1.54) is 17.4 Å². The van der Waals surface area contributed by atoms with Crippen LogP contribution < -0.4 is 5.32 Å². The average Bonchev–Trinajstić information content (AvgIpc) is 3.17. The number of halogens is 1. The molecule has 2 heterocycles. The standard InChI is InChI=1S/C25H27FN4O2/c1-25(24(32)27-18-10-3-2-4-11-18)16-29-21-14-8-7-13-20(21)28-22(29)23(31)30(25)15-17-9-5-6-12-19(17)26/h5-9,12-14,18H,2-4,10-11,15-16H2,1H3,(H,27,32). The summed E-state index contributed by atoms with van der Waals surface area (Å²) in [7, 11) is 0. The number of nitrogens with zero attached hydrogens (tertiary/aromatic N) is 3. The summed E-state index contributed by atoms with van der Waals surface area (Å²) in [6.45, 7) is 2.05. The highest BCUT2D eigenvalue weighted by Gasteiger charge is 2.49. The van der Waals surface area contributed by atoms with Gasteiger partial charge in [0.25, 0.3) is 5.91 Å². The summed E-state index contributed by atoms with van der Waals surface area (Å²) in [5, 5.41) is 3.19. The molecule has 2 aliphatic rings. The number of hydrogen-bond donors (Lipinski definition) is 1. The van der Waals surface area contributed by atoms with Gasteiger partial charge in [-0.25, -0.2) is 9.37 Å². The van der Waals surface area contributed by atoms with Gasteiger partial charge in [-0.2, -0.15) is 0 Å². The molecule has 1 aromatic heterocycles. The summed E-state index contributed by atoms with van der Waals surface area (Å²) in [5.74, 6) is -0.672. The van der Waals surface area contributed by atoms with E-state index in [0.717, 1.165) is 31.2 Å². The lowest BCUT2D eigenvalue weighted by Crippen LogP contribution is -2.64. The number of nitrogens with one attached hydrogen (secondary N) is 1. The summed E-state index contributed by atoms with van der Waals surface area (Å²) in [4.78, 5) is 33.3. The Morgan fingerprint density at radius 3 is 2.62 bits per heavy atom. The van der Waals surface area contributed by atoms with Crippen molar-refractivity contribution in [2.24, 2.45) is 0 Å². The van der Waals surface area contributed by atoms with Gasteiger partial charge in [-0.1, -0.05) is 49.6 Å². The van der Waals surface area contributed by atoms with Gasteiger partial charge in [0.1, 0.15) is 11.4 Å². The molecule has 1 N–H and O–H groups in total. The Labute approximate surface area is 186 Å². The van der Waals surface area contributed by atoms with Crippen LogP contribution in [0, 0.1) is 5.82 Å². The average molecular weight is 435 g/mol. The van der Waals surface area contributed by atoms with Gasteiger partial charge < -0.3 is 14.8 Å². The Bertz CT molecular complexity index is 1180. The first-order chi connectivity index (χ1) is 15.5. The second-order valence-corrected chi connectivity index (χ2v) is 9.08. The molecule has 0 bridgehead atoms. The SMILES string of the molecule is CC1(C(=O)NC2CCCCC2)Cn2c(nc3ccccc32)C(=O)N1Cc1ccccc1F. The maximum absolute atomic E-state index is 14.5. The highest BCUT2D eigenvalue weighted by atomic mass is 19.1. The van der Waals surface area contributed by atoms with E-state index in [1.54, 1.807) is 25.1 Å². The van der Waals surface area contributed by atoms with Gasteiger partial charge in [0.2, 0.25) is 5.91 Å². The van der Waals surface area contributed by atoms with Crippen LogP contribution in [0.3, 0.4) is 0 Å². The zero-order chi connectivity index (χ0) is 22.3. The van der Waals surface area contributed by atoms with E-state index in [9.17, 15) is 14.0 Å². The first-order valence-corrected chi connectivity index (χ1v) is 11.3. The summed E-state index contributed by atoms with van der Waals surface area (Å²) < 4.78 is 16.3. The van der Waals surface area contributed by atoms with Crippen LogP contribution in [-0.4, -0.2) is 37.8 Å². The van der Waals surface area contributed by atoms with Gasteiger partial charge in [0, 0.05) is 11.6 Å². The Hall–Kier alpha value is -3.22. The van der Waals surface area contributed by atoms with E-state index >= 15 is 0 Å². The van der Waals surface area contributed by atoms with Gasteiger partial charge in [-0.05, 0) is 38.0 Å². The van der Waals surface area contributed by atoms with Crippen LogP contribution in [0.4, 0.5) is 4.39 Å². The zero-order valence-electron chi connectivity index (χ0n) is 18.2. The Kier molecular flexibility index (Phi) is 5.19. The third kappa shape index (κ3) is 3.45. The molecule has 3 aromatic rings. The summed E-state index contributed by atoms with van der Waals surface area (Å²) in [6.07, 6.45) is 5.27. The fraction of sp³-hybridized carbons (Fsp3) is 0.400. The number of imidazole rings is 1. The van der Waals surface area contributed by atoms with Crippen molar-refractivity contribution in [1.29, 1.82) is 0 Å². The topological polar surface area (TPSA) is 67.2 Å². The molecule has 7 heteroatoms. The summed E-state index contributed by atoms with van der Waals surface area (Å²) in [6, 6.07) is 14.0. The fourth-order valence-corrected chi connectivity index (χ4v) is 4.96. The van der Waals surface area contributed by atoms with Crippen molar-refractivity contribution < 1.29 is 14.0 Å². The van der Waals surface area contributed by atoms with E-state index in [4.69, 9.17) is 0 Å². The first-order valence-electron chi connectivity index (χ1n) is 11.3.